The van der Waals surface area contributed by atoms with E-state index in [9.17, 15) is 0 Å². The van der Waals surface area contributed by atoms with E-state index in [1.165, 1.54) is 105 Å². The molecule has 0 N–H and O–H groups in total. The van der Waals surface area contributed by atoms with E-state index in [4.69, 9.17) is 9.47 Å². The highest BCUT2D eigenvalue weighted by Gasteiger charge is 2.43. The van der Waals surface area contributed by atoms with Crippen molar-refractivity contribution in [1.82, 2.24) is 9.13 Å². The van der Waals surface area contributed by atoms with Gasteiger partial charge in [-0.25, -0.2) is 0 Å². The Morgan fingerprint density at radius 3 is 1.35 bits per heavy atom. The summed E-state index contributed by atoms with van der Waals surface area (Å²) >= 11 is 0. The van der Waals surface area contributed by atoms with E-state index in [0.717, 1.165) is 56.5 Å². The lowest BCUT2D eigenvalue weighted by Gasteiger charge is -2.35. The fourth-order valence-electron chi connectivity index (χ4n) is 14.5. The SMILES string of the molecule is CC(C)(C)c1ccc2c(c1)B1c3cc(C(C)(C)C)ccc3Oc3cc(-c4ccc(-n5c6ccccc6c6cc7c(cc65)C(C)(C)c5ccccc5-7)cc4-n4c5ccccc5c5cc6c(cc54)C(C)(C)c4ccccc4-6)cc(c31)O2. The largest absolute Gasteiger partial charge is 0.458 e. The maximum Gasteiger partial charge on any atom is 0.260 e. The van der Waals surface area contributed by atoms with Crippen LogP contribution in [0.1, 0.15) is 103 Å². The average molecular weight is 1020 g/mol. The van der Waals surface area contributed by atoms with Gasteiger partial charge in [-0.2, -0.15) is 0 Å². The number of hydrogen-bond acceptors (Lipinski definition) is 2. The molecule has 0 bridgehead atoms. The molecule has 5 heteroatoms. The summed E-state index contributed by atoms with van der Waals surface area (Å²) in [5.41, 5.74) is 25.3. The molecule has 2 aliphatic heterocycles. The Morgan fingerprint density at radius 1 is 0.367 bits per heavy atom. The van der Waals surface area contributed by atoms with E-state index in [1.54, 1.807) is 0 Å². The lowest BCUT2D eigenvalue weighted by molar-refractivity contribution is 0.464. The van der Waals surface area contributed by atoms with Crippen molar-refractivity contribution in [3.05, 3.63) is 221 Å². The van der Waals surface area contributed by atoms with Gasteiger partial charge in [0.25, 0.3) is 6.71 Å². The first kappa shape index (κ1) is 46.6. The predicted molar refractivity (Wildman–Crippen MR) is 331 cm³/mol. The molecule has 0 atom stereocenters. The van der Waals surface area contributed by atoms with Crippen molar-refractivity contribution in [1.29, 1.82) is 0 Å². The minimum atomic E-state index is -0.191. The van der Waals surface area contributed by atoms with Crippen molar-refractivity contribution in [2.75, 3.05) is 0 Å². The van der Waals surface area contributed by atoms with Crippen LogP contribution in [0.25, 0.3) is 88.4 Å². The van der Waals surface area contributed by atoms with Crippen LogP contribution in [-0.2, 0) is 21.7 Å². The number of fused-ring (bicyclic) bond motifs is 16. The molecule has 4 nitrogen and oxygen atoms in total. The van der Waals surface area contributed by atoms with Gasteiger partial charge in [-0.05, 0) is 156 Å². The van der Waals surface area contributed by atoms with E-state index in [2.05, 4.69) is 266 Å². The zero-order valence-corrected chi connectivity index (χ0v) is 46.7. The van der Waals surface area contributed by atoms with Crippen LogP contribution in [0.3, 0.4) is 0 Å². The Bertz CT molecular complexity index is 4610. The summed E-state index contributed by atoms with van der Waals surface area (Å²) < 4.78 is 19.5. The van der Waals surface area contributed by atoms with Crippen LogP contribution in [0, 0.1) is 0 Å². The third-order valence-corrected chi connectivity index (χ3v) is 18.7. The summed E-state index contributed by atoms with van der Waals surface area (Å²) in [4.78, 5) is 0. The minimum absolute atomic E-state index is 0.0415. The first-order valence-electron chi connectivity index (χ1n) is 28.3. The average Bonchev–Trinajstić information content (AvgIpc) is 4.01. The van der Waals surface area contributed by atoms with Crippen LogP contribution in [0.15, 0.2) is 188 Å². The Labute approximate surface area is 463 Å². The molecule has 0 saturated carbocycles. The molecule has 4 heterocycles. The van der Waals surface area contributed by atoms with E-state index >= 15 is 0 Å². The van der Waals surface area contributed by atoms with Crippen molar-refractivity contribution in [3.8, 4) is 67.8 Å². The molecular formula is C74H61BN2O2. The van der Waals surface area contributed by atoms with E-state index in [-0.39, 0.29) is 28.4 Å². The van der Waals surface area contributed by atoms with Crippen molar-refractivity contribution < 1.29 is 9.47 Å². The van der Waals surface area contributed by atoms with Gasteiger partial charge in [-0.15, -0.1) is 0 Å². The Morgan fingerprint density at radius 2 is 0.835 bits per heavy atom. The number of hydrogen-bond donors (Lipinski definition) is 0. The van der Waals surface area contributed by atoms with Gasteiger partial charge in [0.15, 0.2) is 0 Å². The first-order valence-corrected chi connectivity index (χ1v) is 28.3. The molecule has 4 aliphatic rings. The van der Waals surface area contributed by atoms with Crippen molar-refractivity contribution >= 4 is 66.7 Å². The van der Waals surface area contributed by atoms with E-state index < -0.39 is 0 Å². The molecule has 0 radical (unpaired) electrons. The van der Waals surface area contributed by atoms with E-state index in [0.29, 0.717) is 0 Å². The van der Waals surface area contributed by atoms with Crippen LogP contribution < -0.4 is 25.9 Å². The number of rotatable bonds is 3. The maximum atomic E-state index is 7.21. The zero-order valence-electron chi connectivity index (χ0n) is 46.7. The summed E-state index contributed by atoms with van der Waals surface area (Å²) in [7, 11) is 0. The molecule has 2 aliphatic carbocycles. The second-order valence-corrected chi connectivity index (χ2v) is 26.1. The molecular weight excluding hydrogens is 960 g/mol. The predicted octanol–water partition coefficient (Wildman–Crippen LogP) is 17.5. The van der Waals surface area contributed by atoms with Crippen LogP contribution in [-0.4, -0.2) is 15.8 Å². The molecule has 10 aromatic carbocycles. The van der Waals surface area contributed by atoms with E-state index in [1.807, 2.05) is 0 Å². The number of aromatic nitrogens is 2. The molecule has 12 aromatic rings. The van der Waals surface area contributed by atoms with Gasteiger partial charge < -0.3 is 18.6 Å². The molecule has 2 aromatic heterocycles. The lowest BCUT2D eigenvalue weighted by atomic mass is 9.34. The third kappa shape index (κ3) is 6.39. The van der Waals surface area contributed by atoms with Crippen molar-refractivity contribution in [3.63, 3.8) is 0 Å². The summed E-state index contributed by atoms with van der Waals surface area (Å²) in [5.74, 6) is 3.44. The second-order valence-electron chi connectivity index (χ2n) is 26.1. The minimum Gasteiger partial charge on any atom is -0.458 e. The third-order valence-electron chi connectivity index (χ3n) is 18.7. The first-order chi connectivity index (χ1) is 37.9. The Balaban J connectivity index is 0.978. The van der Waals surface area contributed by atoms with Gasteiger partial charge in [0, 0.05) is 49.1 Å². The monoisotopic (exact) mass is 1020 g/mol. The van der Waals surface area contributed by atoms with Gasteiger partial charge in [-0.1, -0.05) is 184 Å². The summed E-state index contributed by atoms with van der Waals surface area (Å²) in [6, 6.07) is 71.3. The highest BCUT2D eigenvalue weighted by atomic mass is 16.5. The number of benzene rings is 10. The number of ether oxygens (including phenoxy) is 2. The van der Waals surface area contributed by atoms with Gasteiger partial charge in [0.1, 0.15) is 23.0 Å². The quantitative estimate of drug-likeness (QED) is 0.165. The molecule has 0 fully saturated rings. The Hall–Kier alpha value is -8.54. The van der Waals surface area contributed by atoms with Crippen LogP contribution in [0.4, 0.5) is 0 Å². The molecule has 16 rings (SSSR count). The standard InChI is InChI=1S/C74H61BN2O2/c1-71(2,3)43-27-31-66-59(35-43)75-60-36-44(72(4,5)6)28-32-67(60)79-69-34-42(33-68(78-66)70(69)75)46-30-29-45(76-61-25-17-13-21-49(61)53-38-51-47-19-11-15-23-55(47)73(7,8)57(51)40-64(53)76)37-63(46)77-62-26-18-14-22-50(62)54-39-52-48-20-12-16-24-56(48)74(9,10)58(52)41-65(54)77/h11-41H,1-10H3. The highest BCUT2D eigenvalue weighted by Crippen LogP contribution is 2.54. The van der Waals surface area contributed by atoms with Gasteiger partial charge in [0.2, 0.25) is 0 Å². The maximum absolute atomic E-state index is 7.21. The molecule has 0 unspecified atom stereocenters. The van der Waals surface area contributed by atoms with Crippen LogP contribution >= 0.6 is 0 Å². The summed E-state index contributed by atoms with van der Waals surface area (Å²) in [5, 5.41) is 4.95. The zero-order chi connectivity index (χ0) is 53.8. The number of para-hydroxylation sites is 2. The molecule has 79 heavy (non-hydrogen) atoms. The number of nitrogens with zero attached hydrogens (tertiary/aromatic N) is 2. The molecule has 0 spiro atoms. The smallest absolute Gasteiger partial charge is 0.260 e. The normalized spacial score (nSPS) is 15.1. The molecule has 0 saturated heterocycles. The fourth-order valence-corrected chi connectivity index (χ4v) is 14.5. The van der Waals surface area contributed by atoms with Gasteiger partial charge >= 0.3 is 0 Å². The van der Waals surface area contributed by atoms with Crippen LogP contribution in [0.5, 0.6) is 23.0 Å². The van der Waals surface area contributed by atoms with Gasteiger partial charge in [-0.3, -0.25) is 0 Å². The van der Waals surface area contributed by atoms with Gasteiger partial charge in [0.05, 0.1) is 27.8 Å². The van der Waals surface area contributed by atoms with Crippen LogP contribution in [0.2, 0.25) is 0 Å². The van der Waals surface area contributed by atoms with Crippen molar-refractivity contribution in [2.45, 2.75) is 90.9 Å². The summed E-state index contributed by atoms with van der Waals surface area (Å²) in [6.07, 6.45) is 0. The second kappa shape index (κ2) is 15.6. The topological polar surface area (TPSA) is 28.3 Å². The Kier molecular flexibility index (Phi) is 9.19. The highest BCUT2D eigenvalue weighted by molar-refractivity contribution is 6.98. The lowest BCUT2D eigenvalue weighted by Crippen LogP contribution is -2.57. The molecule has 0 amide bonds. The summed E-state index contributed by atoms with van der Waals surface area (Å²) in [6.45, 7) is 23.2. The fraction of sp³-hybridized carbons (Fsp3) is 0.189. The molecule has 382 valence electrons. The van der Waals surface area contributed by atoms with Crippen molar-refractivity contribution in [2.24, 2.45) is 0 Å².